The van der Waals surface area contributed by atoms with Crippen LogP contribution in [0.15, 0.2) is 24.3 Å². The lowest BCUT2D eigenvalue weighted by atomic mass is 10.1. The van der Waals surface area contributed by atoms with E-state index in [9.17, 15) is 4.79 Å². The molecule has 0 atom stereocenters. The predicted molar refractivity (Wildman–Crippen MR) is 62.7 cm³/mol. The molecule has 16 heavy (non-hydrogen) atoms. The lowest BCUT2D eigenvalue weighted by molar-refractivity contribution is -0.135. The number of hydrogen-bond acceptors (Lipinski definition) is 1. The molecule has 1 amide bonds. The van der Waals surface area contributed by atoms with E-state index in [1.165, 1.54) is 24.0 Å². The molecule has 0 aromatic heterocycles. The van der Waals surface area contributed by atoms with Crippen molar-refractivity contribution in [3.8, 4) is 0 Å². The SMILES string of the molecule is O=C(C1CCCC1)N1Cc2ccccc2C1. The van der Waals surface area contributed by atoms with Crippen LogP contribution in [0.4, 0.5) is 0 Å². The van der Waals surface area contributed by atoms with Gasteiger partial charge in [-0.1, -0.05) is 37.1 Å². The van der Waals surface area contributed by atoms with Crippen molar-refractivity contribution in [2.45, 2.75) is 38.8 Å². The molecule has 2 heteroatoms. The zero-order valence-electron chi connectivity index (χ0n) is 9.48. The molecule has 0 saturated heterocycles. The van der Waals surface area contributed by atoms with Crippen LogP contribution < -0.4 is 0 Å². The number of carbonyl (C=O) groups is 1. The summed E-state index contributed by atoms with van der Waals surface area (Å²) in [6.45, 7) is 1.65. The molecule has 3 rings (SSSR count). The topological polar surface area (TPSA) is 20.3 Å². The van der Waals surface area contributed by atoms with Crippen LogP contribution in [-0.2, 0) is 17.9 Å². The Balaban J connectivity index is 1.73. The molecule has 1 heterocycles. The maximum Gasteiger partial charge on any atom is 0.226 e. The number of hydrogen-bond donors (Lipinski definition) is 0. The van der Waals surface area contributed by atoms with E-state index >= 15 is 0 Å². The van der Waals surface area contributed by atoms with Gasteiger partial charge in [0.1, 0.15) is 0 Å². The highest BCUT2D eigenvalue weighted by Crippen LogP contribution is 2.30. The second-order valence-electron chi connectivity index (χ2n) is 4.94. The minimum absolute atomic E-state index is 0.314. The van der Waals surface area contributed by atoms with Crippen molar-refractivity contribution >= 4 is 5.91 Å². The predicted octanol–water partition coefficient (Wildman–Crippen LogP) is 2.72. The van der Waals surface area contributed by atoms with Crippen LogP contribution >= 0.6 is 0 Å². The number of amides is 1. The molecular formula is C14H17NO. The Morgan fingerprint density at radius 1 is 1.06 bits per heavy atom. The van der Waals surface area contributed by atoms with E-state index < -0.39 is 0 Å². The Bertz CT molecular complexity index is 382. The third-order valence-corrected chi connectivity index (χ3v) is 3.86. The lowest BCUT2D eigenvalue weighted by Gasteiger charge is -2.19. The second kappa shape index (κ2) is 3.93. The van der Waals surface area contributed by atoms with Gasteiger partial charge in [-0.25, -0.2) is 0 Å². The van der Waals surface area contributed by atoms with Crippen molar-refractivity contribution in [3.63, 3.8) is 0 Å². The second-order valence-corrected chi connectivity index (χ2v) is 4.94. The summed E-state index contributed by atoms with van der Waals surface area (Å²) in [6, 6.07) is 8.39. The van der Waals surface area contributed by atoms with Gasteiger partial charge in [0.05, 0.1) is 0 Å². The summed E-state index contributed by atoms with van der Waals surface area (Å²) in [5, 5.41) is 0. The van der Waals surface area contributed by atoms with Crippen LogP contribution in [0.1, 0.15) is 36.8 Å². The number of rotatable bonds is 1. The fourth-order valence-electron chi connectivity index (χ4n) is 2.92. The first-order valence-corrected chi connectivity index (χ1v) is 6.20. The van der Waals surface area contributed by atoms with E-state index in [0.29, 0.717) is 11.8 Å². The number of fused-ring (bicyclic) bond motifs is 1. The average Bonchev–Trinajstić information content (AvgIpc) is 2.97. The van der Waals surface area contributed by atoms with Crippen molar-refractivity contribution in [1.29, 1.82) is 0 Å². The maximum atomic E-state index is 12.2. The molecule has 1 fully saturated rings. The van der Waals surface area contributed by atoms with Crippen LogP contribution in [0.25, 0.3) is 0 Å². The molecule has 1 aliphatic carbocycles. The maximum absolute atomic E-state index is 12.2. The summed E-state index contributed by atoms with van der Waals surface area (Å²) in [7, 11) is 0. The van der Waals surface area contributed by atoms with Gasteiger partial charge >= 0.3 is 0 Å². The average molecular weight is 215 g/mol. The van der Waals surface area contributed by atoms with Crippen molar-refractivity contribution in [1.82, 2.24) is 4.90 Å². The first-order valence-electron chi connectivity index (χ1n) is 6.20. The molecule has 0 unspecified atom stereocenters. The Morgan fingerprint density at radius 3 is 2.19 bits per heavy atom. The van der Waals surface area contributed by atoms with Crippen molar-refractivity contribution < 1.29 is 4.79 Å². The lowest BCUT2D eigenvalue weighted by Crippen LogP contribution is -2.30. The molecule has 0 bridgehead atoms. The van der Waals surface area contributed by atoms with Gasteiger partial charge in [-0.2, -0.15) is 0 Å². The molecule has 84 valence electrons. The molecule has 0 spiro atoms. The third kappa shape index (κ3) is 1.62. The largest absolute Gasteiger partial charge is 0.334 e. The van der Waals surface area contributed by atoms with Crippen LogP contribution in [-0.4, -0.2) is 10.8 Å². The summed E-state index contributed by atoms with van der Waals surface area (Å²) in [5.74, 6) is 0.697. The van der Waals surface area contributed by atoms with E-state index in [1.54, 1.807) is 0 Å². The van der Waals surface area contributed by atoms with Gasteiger partial charge in [0.2, 0.25) is 5.91 Å². The van der Waals surface area contributed by atoms with Gasteiger partial charge in [0.25, 0.3) is 0 Å². The number of benzene rings is 1. The summed E-state index contributed by atoms with van der Waals surface area (Å²) in [4.78, 5) is 14.3. The summed E-state index contributed by atoms with van der Waals surface area (Å²) < 4.78 is 0. The van der Waals surface area contributed by atoms with E-state index in [0.717, 1.165) is 25.9 Å². The molecule has 2 aliphatic rings. The van der Waals surface area contributed by atoms with Gasteiger partial charge in [0.15, 0.2) is 0 Å². The zero-order chi connectivity index (χ0) is 11.0. The Labute approximate surface area is 96.3 Å². The summed E-state index contributed by atoms with van der Waals surface area (Å²) in [5.41, 5.74) is 2.66. The molecular weight excluding hydrogens is 198 g/mol. The monoisotopic (exact) mass is 215 g/mol. The normalized spacial score (nSPS) is 20.1. The zero-order valence-corrected chi connectivity index (χ0v) is 9.48. The Hall–Kier alpha value is -1.31. The van der Waals surface area contributed by atoms with E-state index in [-0.39, 0.29) is 0 Å². The molecule has 0 radical (unpaired) electrons. The van der Waals surface area contributed by atoms with Crippen LogP contribution in [0, 0.1) is 5.92 Å². The van der Waals surface area contributed by atoms with Gasteiger partial charge in [-0.05, 0) is 24.0 Å². The van der Waals surface area contributed by atoms with Crippen LogP contribution in [0.5, 0.6) is 0 Å². The van der Waals surface area contributed by atoms with E-state index in [1.807, 2.05) is 4.90 Å². The molecule has 2 nitrogen and oxygen atoms in total. The quantitative estimate of drug-likeness (QED) is 0.705. The minimum Gasteiger partial charge on any atom is -0.334 e. The van der Waals surface area contributed by atoms with Crippen LogP contribution in [0.3, 0.4) is 0 Å². The minimum atomic E-state index is 0.314. The van der Waals surface area contributed by atoms with Crippen molar-refractivity contribution in [2.75, 3.05) is 0 Å². The van der Waals surface area contributed by atoms with Crippen molar-refractivity contribution in [3.05, 3.63) is 35.4 Å². The highest BCUT2D eigenvalue weighted by molar-refractivity contribution is 5.79. The van der Waals surface area contributed by atoms with Gasteiger partial charge in [-0.3, -0.25) is 4.79 Å². The van der Waals surface area contributed by atoms with Crippen LogP contribution in [0.2, 0.25) is 0 Å². The fraction of sp³-hybridized carbons (Fsp3) is 0.500. The summed E-state index contributed by atoms with van der Waals surface area (Å²) in [6.07, 6.45) is 4.67. The summed E-state index contributed by atoms with van der Waals surface area (Å²) >= 11 is 0. The fourth-order valence-corrected chi connectivity index (χ4v) is 2.92. The number of nitrogens with zero attached hydrogens (tertiary/aromatic N) is 1. The molecule has 1 saturated carbocycles. The third-order valence-electron chi connectivity index (χ3n) is 3.86. The smallest absolute Gasteiger partial charge is 0.226 e. The number of carbonyl (C=O) groups excluding carboxylic acids is 1. The van der Waals surface area contributed by atoms with Gasteiger partial charge in [-0.15, -0.1) is 0 Å². The van der Waals surface area contributed by atoms with Gasteiger partial charge < -0.3 is 4.90 Å². The first kappa shape index (κ1) is 9.88. The molecule has 1 aromatic carbocycles. The highest BCUT2D eigenvalue weighted by atomic mass is 16.2. The molecule has 1 aromatic rings. The standard InChI is InChI=1S/C14H17NO/c16-14(11-5-1-2-6-11)15-9-12-7-3-4-8-13(12)10-15/h3-4,7-8,11H,1-2,5-6,9-10H2. The molecule has 0 N–H and O–H groups in total. The first-order chi connectivity index (χ1) is 7.84. The van der Waals surface area contributed by atoms with E-state index in [2.05, 4.69) is 24.3 Å². The van der Waals surface area contributed by atoms with Crippen molar-refractivity contribution in [2.24, 2.45) is 5.92 Å². The Morgan fingerprint density at radius 2 is 1.62 bits per heavy atom. The van der Waals surface area contributed by atoms with Gasteiger partial charge in [0, 0.05) is 19.0 Å². The Kier molecular flexibility index (Phi) is 2.43. The highest BCUT2D eigenvalue weighted by Gasteiger charge is 2.30. The molecule has 1 aliphatic heterocycles. The van der Waals surface area contributed by atoms with E-state index in [4.69, 9.17) is 0 Å².